The highest BCUT2D eigenvalue weighted by atomic mass is 16.1. The van der Waals surface area contributed by atoms with E-state index in [0.717, 1.165) is 18.5 Å². The molecule has 0 bridgehead atoms. The number of benzene rings is 1. The van der Waals surface area contributed by atoms with Gasteiger partial charge in [0.1, 0.15) is 11.5 Å². The summed E-state index contributed by atoms with van der Waals surface area (Å²) in [5.41, 5.74) is 1.27. The Morgan fingerprint density at radius 2 is 1.95 bits per heavy atom. The number of rotatable bonds is 6. The fourth-order valence-corrected chi connectivity index (χ4v) is 1.65. The van der Waals surface area contributed by atoms with Gasteiger partial charge in [-0.05, 0) is 18.6 Å². The maximum absolute atomic E-state index is 11.8. The van der Waals surface area contributed by atoms with Crippen molar-refractivity contribution in [2.75, 3.05) is 11.9 Å². The zero-order chi connectivity index (χ0) is 14.2. The minimum atomic E-state index is -0.183. The minimum absolute atomic E-state index is 0.183. The summed E-state index contributed by atoms with van der Waals surface area (Å²) < 4.78 is 0. The smallest absolute Gasteiger partial charge is 0.271 e. The predicted octanol–water partition coefficient (Wildman–Crippen LogP) is 2.75. The van der Waals surface area contributed by atoms with E-state index in [1.54, 1.807) is 6.20 Å². The zero-order valence-electron chi connectivity index (χ0n) is 11.5. The van der Waals surface area contributed by atoms with Crippen molar-refractivity contribution in [2.45, 2.75) is 19.8 Å². The van der Waals surface area contributed by atoms with Crippen LogP contribution in [0, 0.1) is 0 Å². The molecular formula is C15H18N4O. The summed E-state index contributed by atoms with van der Waals surface area (Å²) in [7, 11) is 0. The Bertz CT molecular complexity index is 540. The van der Waals surface area contributed by atoms with E-state index in [0.29, 0.717) is 18.1 Å². The van der Waals surface area contributed by atoms with Crippen molar-refractivity contribution < 1.29 is 4.79 Å². The number of hydrogen-bond donors (Lipinski definition) is 2. The van der Waals surface area contributed by atoms with Crippen LogP contribution >= 0.6 is 0 Å². The Morgan fingerprint density at radius 1 is 1.15 bits per heavy atom. The lowest BCUT2D eigenvalue weighted by Crippen LogP contribution is -2.25. The highest BCUT2D eigenvalue weighted by Gasteiger charge is 2.06. The maximum Gasteiger partial charge on any atom is 0.271 e. The van der Waals surface area contributed by atoms with Gasteiger partial charge >= 0.3 is 0 Å². The van der Waals surface area contributed by atoms with Crippen LogP contribution in [0.15, 0.2) is 42.7 Å². The van der Waals surface area contributed by atoms with Gasteiger partial charge in [0.15, 0.2) is 0 Å². The Kier molecular flexibility index (Phi) is 5.06. The van der Waals surface area contributed by atoms with Crippen LogP contribution in [0.5, 0.6) is 0 Å². The van der Waals surface area contributed by atoms with Crippen LogP contribution in [-0.2, 0) is 0 Å². The van der Waals surface area contributed by atoms with Crippen molar-refractivity contribution in [3.63, 3.8) is 0 Å². The van der Waals surface area contributed by atoms with E-state index < -0.39 is 0 Å². The molecule has 0 radical (unpaired) electrons. The monoisotopic (exact) mass is 270 g/mol. The van der Waals surface area contributed by atoms with E-state index in [1.165, 1.54) is 6.20 Å². The minimum Gasteiger partial charge on any atom is -0.351 e. The van der Waals surface area contributed by atoms with E-state index >= 15 is 0 Å². The van der Waals surface area contributed by atoms with Gasteiger partial charge in [0.25, 0.3) is 5.91 Å². The number of nitrogens with zero attached hydrogens (tertiary/aromatic N) is 2. The Labute approximate surface area is 118 Å². The number of anilines is 2. The third-order valence-corrected chi connectivity index (χ3v) is 2.75. The van der Waals surface area contributed by atoms with Crippen molar-refractivity contribution in [1.82, 2.24) is 15.3 Å². The molecule has 2 N–H and O–H groups in total. The van der Waals surface area contributed by atoms with Gasteiger partial charge in [-0.25, -0.2) is 9.97 Å². The Hall–Kier alpha value is -2.43. The molecule has 2 rings (SSSR count). The van der Waals surface area contributed by atoms with Crippen molar-refractivity contribution in [3.8, 4) is 0 Å². The van der Waals surface area contributed by atoms with Gasteiger partial charge in [0.05, 0.1) is 12.4 Å². The summed E-state index contributed by atoms with van der Waals surface area (Å²) in [6.45, 7) is 2.75. The molecular weight excluding hydrogens is 252 g/mol. The van der Waals surface area contributed by atoms with Gasteiger partial charge in [-0.1, -0.05) is 31.5 Å². The first-order chi connectivity index (χ1) is 9.79. The number of para-hydroxylation sites is 1. The summed E-state index contributed by atoms with van der Waals surface area (Å²) in [6.07, 6.45) is 5.05. The van der Waals surface area contributed by atoms with E-state index in [2.05, 4.69) is 27.5 Å². The van der Waals surface area contributed by atoms with Gasteiger partial charge in [0.2, 0.25) is 0 Å². The SMILES string of the molecule is CCCCNC(=O)c1cnc(Nc2ccccc2)cn1. The molecule has 2 aromatic rings. The fourth-order valence-electron chi connectivity index (χ4n) is 1.65. The highest BCUT2D eigenvalue weighted by molar-refractivity contribution is 5.92. The second-order valence-electron chi connectivity index (χ2n) is 4.39. The summed E-state index contributed by atoms with van der Waals surface area (Å²) in [6, 6.07) is 9.69. The van der Waals surface area contributed by atoms with Crippen molar-refractivity contribution in [3.05, 3.63) is 48.4 Å². The molecule has 0 spiro atoms. The zero-order valence-corrected chi connectivity index (χ0v) is 11.5. The molecule has 20 heavy (non-hydrogen) atoms. The molecule has 0 unspecified atom stereocenters. The number of nitrogens with one attached hydrogen (secondary N) is 2. The third kappa shape index (κ3) is 4.05. The molecule has 0 aliphatic heterocycles. The second-order valence-corrected chi connectivity index (χ2v) is 4.39. The molecule has 1 aromatic heterocycles. The van der Waals surface area contributed by atoms with Crippen LogP contribution < -0.4 is 10.6 Å². The van der Waals surface area contributed by atoms with Gasteiger partial charge in [-0.3, -0.25) is 4.79 Å². The fraction of sp³-hybridized carbons (Fsp3) is 0.267. The van der Waals surface area contributed by atoms with E-state index in [9.17, 15) is 4.79 Å². The van der Waals surface area contributed by atoms with E-state index in [1.807, 2.05) is 30.3 Å². The number of carbonyl (C=O) groups excluding carboxylic acids is 1. The number of carbonyl (C=O) groups is 1. The van der Waals surface area contributed by atoms with Crippen LogP contribution in [0.25, 0.3) is 0 Å². The third-order valence-electron chi connectivity index (χ3n) is 2.75. The molecule has 1 aromatic carbocycles. The van der Waals surface area contributed by atoms with Crippen molar-refractivity contribution >= 4 is 17.4 Å². The highest BCUT2D eigenvalue weighted by Crippen LogP contribution is 2.12. The molecule has 0 aliphatic carbocycles. The Morgan fingerprint density at radius 3 is 2.60 bits per heavy atom. The molecule has 0 saturated heterocycles. The number of amides is 1. The summed E-state index contributed by atoms with van der Waals surface area (Å²) in [4.78, 5) is 20.1. The number of hydrogen-bond acceptors (Lipinski definition) is 4. The standard InChI is InChI=1S/C15H18N4O/c1-2-3-9-16-15(20)13-10-18-14(11-17-13)19-12-7-5-4-6-8-12/h4-8,10-11H,2-3,9H2,1H3,(H,16,20)(H,18,19). The molecule has 0 saturated carbocycles. The van der Waals surface area contributed by atoms with Gasteiger partial charge in [-0.2, -0.15) is 0 Å². The van der Waals surface area contributed by atoms with E-state index in [4.69, 9.17) is 0 Å². The Balaban J connectivity index is 1.94. The second kappa shape index (κ2) is 7.23. The lowest BCUT2D eigenvalue weighted by atomic mass is 10.3. The predicted molar refractivity (Wildman–Crippen MR) is 79.0 cm³/mol. The van der Waals surface area contributed by atoms with Crippen LogP contribution in [0.4, 0.5) is 11.5 Å². The lowest BCUT2D eigenvalue weighted by molar-refractivity contribution is 0.0948. The van der Waals surface area contributed by atoms with Crippen LogP contribution in [0.3, 0.4) is 0 Å². The quantitative estimate of drug-likeness (QED) is 0.792. The average Bonchev–Trinajstić information content (AvgIpc) is 2.49. The molecule has 0 atom stereocenters. The molecule has 104 valence electrons. The molecule has 1 heterocycles. The lowest BCUT2D eigenvalue weighted by Gasteiger charge is -2.06. The molecule has 5 nitrogen and oxygen atoms in total. The molecule has 5 heteroatoms. The van der Waals surface area contributed by atoms with Crippen molar-refractivity contribution in [2.24, 2.45) is 0 Å². The van der Waals surface area contributed by atoms with Gasteiger partial charge in [-0.15, -0.1) is 0 Å². The van der Waals surface area contributed by atoms with Gasteiger partial charge < -0.3 is 10.6 Å². The van der Waals surface area contributed by atoms with E-state index in [-0.39, 0.29) is 5.91 Å². The van der Waals surface area contributed by atoms with Gasteiger partial charge in [0, 0.05) is 12.2 Å². The van der Waals surface area contributed by atoms with Crippen LogP contribution in [0.2, 0.25) is 0 Å². The molecule has 1 amide bonds. The number of aromatic nitrogens is 2. The van der Waals surface area contributed by atoms with Crippen LogP contribution in [-0.4, -0.2) is 22.4 Å². The summed E-state index contributed by atoms with van der Waals surface area (Å²) >= 11 is 0. The first kappa shape index (κ1) is 14.0. The average molecular weight is 270 g/mol. The molecule has 0 fully saturated rings. The topological polar surface area (TPSA) is 66.9 Å². The maximum atomic E-state index is 11.8. The first-order valence-electron chi connectivity index (χ1n) is 6.72. The number of unbranched alkanes of at least 4 members (excludes halogenated alkanes) is 1. The van der Waals surface area contributed by atoms with Crippen LogP contribution in [0.1, 0.15) is 30.3 Å². The summed E-state index contributed by atoms with van der Waals surface area (Å²) in [5.74, 6) is 0.429. The normalized spacial score (nSPS) is 10.1. The largest absolute Gasteiger partial charge is 0.351 e. The summed E-state index contributed by atoms with van der Waals surface area (Å²) in [5, 5.41) is 5.92. The van der Waals surface area contributed by atoms with Crippen molar-refractivity contribution in [1.29, 1.82) is 0 Å². The first-order valence-corrected chi connectivity index (χ1v) is 6.72. The molecule has 0 aliphatic rings.